The third-order valence-corrected chi connectivity index (χ3v) is 5.73. The van der Waals surface area contributed by atoms with Gasteiger partial charge in [0.15, 0.2) is 0 Å². The SMILES string of the molecule is CCS(=O)(=O)CCCCCCCCCCS(C)=O. The average molecular weight is 296 g/mol. The van der Waals surface area contributed by atoms with Crippen molar-refractivity contribution in [3.8, 4) is 0 Å². The maximum atomic E-state index is 11.2. The van der Waals surface area contributed by atoms with Gasteiger partial charge in [0.1, 0.15) is 9.84 Å². The Bertz CT molecular complexity index is 310. The minimum atomic E-state index is -2.76. The Kier molecular flexibility index (Phi) is 11.0. The summed E-state index contributed by atoms with van der Waals surface area (Å²) < 4.78 is 33.3. The number of unbranched alkanes of at least 4 members (excludes halogenated alkanes) is 7. The lowest BCUT2D eigenvalue weighted by molar-refractivity contribution is 0.573. The van der Waals surface area contributed by atoms with Crippen LogP contribution in [-0.4, -0.2) is 36.1 Å². The molecule has 0 spiro atoms. The van der Waals surface area contributed by atoms with Gasteiger partial charge in [-0.15, -0.1) is 0 Å². The minimum absolute atomic E-state index is 0.270. The summed E-state index contributed by atoms with van der Waals surface area (Å²) in [6, 6.07) is 0. The highest BCUT2D eigenvalue weighted by Gasteiger charge is 2.05. The van der Waals surface area contributed by atoms with Crippen molar-refractivity contribution >= 4 is 20.6 Å². The first-order valence-electron chi connectivity index (χ1n) is 6.98. The van der Waals surface area contributed by atoms with E-state index in [1.54, 1.807) is 13.2 Å². The van der Waals surface area contributed by atoms with Crippen LogP contribution in [0.1, 0.15) is 58.3 Å². The predicted octanol–water partition coefficient (Wildman–Crippen LogP) is 2.92. The van der Waals surface area contributed by atoms with Crippen LogP contribution in [0.3, 0.4) is 0 Å². The fraction of sp³-hybridized carbons (Fsp3) is 1.00. The Balaban J connectivity index is 3.19. The lowest BCUT2D eigenvalue weighted by Crippen LogP contribution is -2.08. The predicted molar refractivity (Wildman–Crippen MR) is 80.2 cm³/mol. The van der Waals surface area contributed by atoms with Gasteiger partial charge in [0.05, 0.1) is 5.75 Å². The van der Waals surface area contributed by atoms with E-state index in [1.165, 1.54) is 25.7 Å². The smallest absolute Gasteiger partial charge is 0.150 e. The van der Waals surface area contributed by atoms with Crippen LogP contribution in [0.25, 0.3) is 0 Å². The molecule has 18 heavy (non-hydrogen) atoms. The van der Waals surface area contributed by atoms with Crippen LogP contribution in [0, 0.1) is 0 Å². The molecule has 0 aliphatic carbocycles. The molecule has 0 fully saturated rings. The summed E-state index contributed by atoms with van der Waals surface area (Å²) in [4.78, 5) is 0. The first kappa shape index (κ1) is 18.1. The van der Waals surface area contributed by atoms with Gasteiger partial charge in [-0.3, -0.25) is 4.21 Å². The summed E-state index contributed by atoms with van der Waals surface area (Å²) in [7, 11) is -3.40. The lowest BCUT2D eigenvalue weighted by atomic mass is 10.1. The third kappa shape index (κ3) is 12.6. The molecule has 3 nitrogen and oxygen atoms in total. The van der Waals surface area contributed by atoms with Crippen LogP contribution in [0.2, 0.25) is 0 Å². The summed E-state index contributed by atoms with van der Waals surface area (Å²) in [6.07, 6.45) is 10.6. The number of hydrogen-bond acceptors (Lipinski definition) is 3. The normalized spacial score (nSPS) is 13.7. The van der Waals surface area contributed by atoms with Crippen LogP contribution in [-0.2, 0) is 20.6 Å². The van der Waals surface area contributed by atoms with E-state index >= 15 is 0 Å². The highest BCUT2D eigenvalue weighted by atomic mass is 32.2. The van der Waals surface area contributed by atoms with E-state index in [0.29, 0.717) is 5.75 Å². The summed E-state index contributed by atoms with van der Waals surface area (Å²) in [6.45, 7) is 1.71. The number of rotatable bonds is 12. The molecule has 0 aromatic rings. The molecule has 5 heteroatoms. The van der Waals surface area contributed by atoms with Crippen LogP contribution in [0.5, 0.6) is 0 Å². The first-order chi connectivity index (χ1) is 8.48. The second-order valence-electron chi connectivity index (χ2n) is 4.84. The number of sulfone groups is 1. The molecular formula is C13H28O3S2. The van der Waals surface area contributed by atoms with Crippen molar-refractivity contribution in [2.24, 2.45) is 0 Å². The topological polar surface area (TPSA) is 51.2 Å². The van der Waals surface area contributed by atoms with Crippen molar-refractivity contribution in [3.05, 3.63) is 0 Å². The van der Waals surface area contributed by atoms with Gasteiger partial charge >= 0.3 is 0 Å². The maximum absolute atomic E-state index is 11.2. The van der Waals surface area contributed by atoms with E-state index in [2.05, 4.69) is 0 Å². The first-order valence-corrected chi connectivity index (χ1v) is 10.5. The van der Waals surface area contributed by atoms with E-state index in [-0.39, 0.29) is 5.75 Å². The van der Waals surface area contributed by atoms with Crippen molar-refractivity contribution in [2.45, 2.75) is 58.3 Å². The van der Waals surface area contributed by atoms with Gasteiger partial charge < -0.3 is 0 Å². The summed E-state index contributed by atoms with van der Waals surface area (Å²) in [5.74, 6) is 1.45. The zero-order valence-corrected chi connectivity index (χ0v) is 13.5. The van der Waals surface area contributed by atoms with Crippen molar-refractivity contribution in [3.63, 3.8) is 0 Å². The second kappa shape index (κ2) is 11.0. The monoisotopic (exact) mass is 296 g/mol. The van der Waals surface area contributed by atoms with E-state index in [0.717, 1.165) is 31.4 Å². The molecule has 0 aromatic heterocycles. The highest BCUT2D eigenvalue weighted by molar-refractivity contribution is 7.91. The van der Waals surface area contributed by atoms with Crippen molar-refractivity contribution in [2.75, 3.05) is 23.5 Å². The second-order valence-corrected chi connectivity index (χ2v) is 8.87. The zero-order chi connectivity index (χ0) is 13.9. The van der Waals surface area contributed by atoms with Crippen LogP contribution in [0.15, 0.2) is 0 Å². The average Bonchev–Trinajstić information content (AvgIpc) is 2.31. The molecule has 0 heterocycles. The van der Waals surface area contributed by atoms with Gasteiger partial charge in [-0.2, -0.15) is 0 Å². The Labute approximate surface area is 115 Å². The molecule has 0 rings (SSSR count). The van der Waals surface area contributed by atoms with Crippen LogP contribution in [0.4, 0.5) is 0 Å². The molecule has 0 saturated carbocycles. The van der Waals surface area contributed by atoms with E-state index in [9.17, 15) is 12.6 Å². The summed E-state index contributed by atoms with van der Waals surface area (Å²) in [5.41, 5.74) is 0. The lowest BCUT2D eigenvalue weighted by Gasteiger charge is -2.02. The number of hydrogen-bond donors (Lipinski definition) is 0. The molecule has 1 unspecified atom stereocenters. The van der Waals surface area contributed by atoms with E-state index in [4.69, 9.17) is 0 Å². The third-order valence-electron chi connectivity index (χ3n) is 3.08. The van der Waals surface area contributed by atoms with Crippen molar-refractivity contribution < 1.29 is 12.6 Å². The quantitative estimate of drug-likeness (QED) is 0.520. The van der Waals surface area contributed by atoms with Gasteiger partial charge in [-0.1, -0.05) is 45.4 Å². The molecule has 0 aliphatic heterocycles. The Morgan fingerprint density at radius 1 is 0.833 bits per heavy atom. The van der Waals surface area contributed by atoms with Gasteiger partial charge in [0.25, 0.3) is 0 Å². The zero-order valence-electron chi connectivity index (χ0n) is 11.8. The summed E-state index contributed by atoms with van der Waals surface area (Å²) in [5, 5.41) is 0. The van der Waals surface area contributed by atoms with E-state index in [1.807, 2.05) is 0 Å². The molecule has 1 atom stereocenters. The Morgan fingerprint density at radius 3 is 1.72 bits per heavy atom. The molecule has 0 amide bonds. The fourth-order valence-corrected chi connectivity index (χ4v) is 3.38. The van der Waals surface area contributed by atoms with Crippen molar-refractivity contribution in [1.82, 2.24) is 0 Å². The molecule has 0 aromatic carbocycles. The molecule has 0 aliphatic rings. The van der Waals surface area contributed by atoms with Crippen LogP contribution >= 0.6 is 0 Å². The molecule has 0 saturated heterocycles. The van der Waals surface area contributed by atoms with Crippen LogP contribution < -0.4 is 0 Å². The fourth-order valence-electron chi connectivity index (χ4n) is 1.83. The standard InChI is InChI=1S/C13H28O3S2/c1-3-18(15,16)13-11-9-7-5-4-6-8-10-12-17(2)14/h3-13H2,1-2H3. The molecular weight excluding hydrogens is 268 g/mol. The Morgan fingerprint density at radius 2 is 1.28 bits per heavy atom. The molecule has 0 bridgehead atoms. The molecule has 110 valence electrons. The maximum Gasteiger partial charge on any atom is 0.150 e. The summed E-state index contributed by atoms with van der Waals surface area (Å²) >= 11 is 0. The minimum Gasteiger partial charge on any atom is -0.260 e. The van der Waals surface area contributed by atoms with E-state index < -0.39 is 20.6 Å². The van der Waals surface area contributed by atoms with Gasteiger partial charge in [-0.25, -0.2) is 8.42 Å². The van der Waals surface area contributed by atoms with Crippen molar-refractivity contribution in [1.29, 1.82) is 0 Å². The Hall–Kier alpha value is 0.1000. The van der Waals surface area contributed by atoms with Gasteiger partial charge in [0, 0.05) is 28.6 Å². The molecule has 0 N–H and O–H groups in total. The largest absolute Gasteiger partial charge is 0.260 e. The van der Waals surface area contributed by atoms with Gasteiger partial charge in [0.2, 0.25) is 0 Å². The van der Waals surface area contributed by atoms with Gasteiger partial charge in [-0.05, 0) is 12.8 Å². The molecule has 0 radical (unpaired) electrons. The highest BCUT2D eigenvalue weighted by Crippen LogP contribution is 2.09.